The lowest BCUT2D eigenvalue weighted by Crippen LogP contribution is -2.08. The number of allylic oxidation sites excluding steroid dienone is 1. The first-order valence-corrected chi connectivity index (χ1v) is 10.8. The summed E-state index contributed by atoms with van der Waals surface area (Å²) in [4.78, 5) is 25.1. The van der Waals surface area contributed by atoms with Gasteiger partial charge in [-0.1, -0.05) is 72.8 Å². The van der Waals surface area contributed by atoms with E-state index in [1.165, 1.54) is 6.08 Å². The van der Waals surface area contributed by atoms with Crippen molar-refractivity contribution in [2.24, 2.45) is 0 Å². The standard InChI is InChI=1S/C29H20O5/c30-26(23-12-10-22(11-13-23)21-6-2-1-3-7-21)15-9-20-5-4-8-25(17-20)34-29(31)24-14-16-27-28(18-24)33-19-32-27/h1-18H,19H2. The molecular weight excluding hydrogens is 428 g/mol. The molecule has 4 aromatic rings. The van der Waals surface area contributed by atoms with Gasteiger partial charge in [0.25, 0.3) is 0 Å². The molecule has 0 bridgehead atoms. The maximum absolute atomic E-state index is 12.6. The number of esters is 1. The summed E-state index contributed by atoms with van der Waals surface area (Å²) in [6.07, 6.45) is 3.21. The smallest absolute Gasteiger partial charge is 0.343 e. The topological polar surface area (TPSA) is 61.8 Å². The Morgan fingerprint density at radius 1 is 0.706 bits per heavy atom. The fourth-order valence-corrected chi connectivity index (χ4v) is 3.60. The molecule has 1 aliphatic rings. The van der Waals surface area contributed by atoms with E-state index in [2.05, 4.69) is 0 Å². The van der Waals surface area contributed by atoms with Gasteiger partial charge in [-0.15, -0.1) is 0 Å². The molecule has 166 valence electrons. The minimum Gasteiger partial charge on any atom is -0.454 e. The van der Waals surface area contributed by atoms with Crippen molar-refractivity contribution < 1.29 is 23.8 Å². The second-order valence-electron chi connectivity index (χ2n) is 7.67. The third-order valence-electron chi connectivity index (χ3n) is 5.38. The van der Waals surface area contributed by atoms with Gasteiger partial charge in [-0.25, -0.2) is 4.79 Å². The minimum absolute atomic E-state index is 0.109. The molecule has 5 heteroatoms. The highest BCUT2D eigenvalue weighted by molar-refractivity contribution is 6.07. The number of rotatable bonds is 6. The minimum atomic E-state index is -0.506. The van der Waals surface area contributed by atoms with E-state index >= 15 is 0 Å². The number of carbonyl (C=O) groups excluding carboxylic acids is 2. The van der Waals surface area contributed by atoms with E-state index in [-0.39, 0.29) is 12.6 Å². The number of ketones is 1. The predicted octanol–water partition coefficient (Wildman–Crippen LogP) is 6.20. The fraction of sp³-hybridized carbons (Fsp3) is 0.0345. The molecule has 1 aliphatic heterocycles. The Kier molecular flexibility index (Phi) is 5.91. The van der Waals surface area contributed by atoms with Crippen LogP contribution >= 0.6 is 0 Å². The van der Waals surface area contributed by atoms with E-state index in [0.29, 0.717) is 28.4 Å². The van der Waals surface area contributed by atoms with E-state index in [9.17, 15) is 9.59 Å². The number of ether oxygens (including phenoxy) is 3. The number of fused-ring (bicyclic) bond motifs is 1. The van der Waals surface area contributed by atoms with E-state index in [4.69, 9.17) is 14.2 Å². The van der Waals surface area contributed by atoms with Crippen LogP contribution in [0.1, 0.15) is 26.3 Å². The van der Waals surface area contributed by atoms with Gasteiger partial charge >= 0.3 is 5.97 Å². The van der Waals surface area contributed by atoms with Crippen LogP contribution in [0.5, 0.6) is 17.2 Å². The molecule has 0 saturated heterocycles. The summed E-state index contributed by atoms with van der Waals surface area (Å²) in [5.41, 5.74) is 3.85. The highest BCUT2D eigenvalue weighted by Gasteiger charge is 2.17. The molecule has 0 saturated carbocycles. The van der Waals surface area contributed by atoms with Gasteiger partial charge < -0.3 is 14.2 Å². The summed E-state index contributed by atoms with van der Waals surface area (Å²) in [7, 11) is 0. The summed E-state index contributed by atoms with van der Waals surface area (Å²) in [6, 6.07) is 29.4. The third kappa shape index (κ3) is 4.74. The predicted molar refractivity (Wildman–Crippen MR) is 129 cm³/mol. The molecule has 1 heterocycles. The van der Waals surface area contributed by atoms with Gasteiger partial charge in [-0.3, -0.25) is 4.79 Å². The van der Waals surface area contributed by atoms with Crippen LogP contribution in [0.15, 0.2) is 103 Å². The second-order valence-corrected chi connectivity index (χ2v) is 7.67. The number of carbonyl (C=O) groups is 2. The van der Waals surface area contributed by atoms with Crippen molar-refractivity contribution >= 4 is 17.8 Å². The summed E-state index contributed by atoms with van der Waals surface area (Å²) in [5.74, 6) is 0.880. The molecule has 0 radical (unpaired) electrons. The number of hydrogen-bond donors (Lipinski definition) is 0. The SMILES string of the molecule is O=C(C=Cc1cccc(OC(=O)c2ccc3c(c2)OCO3)c1)c1ccc(-c2ccccc2)cc1. The van der Waals surface area contributed by atoms with E-state index in [1.54, 1.807) is 42.5 Å². The van der Waals surface area contributed by atoms with Crippen LogP contribution in [0.25, 0.3) is 17.2 Å². The lowest BCUT2D eigenvalue weighted by Gasteiger charge is -2.06. The Morgan fingerprint density at radius 2 is 1.44 bits per heavy atom. The van der Waals surface area contributed by atoms with Crippen molar-refractivity contribution in [1.82, 2.24) is 0 Å². The van der Waals surface area contributed by atoms with Gasteiger partial charge in [0.2, 0.25) is 6.79 Å². The molecule has 0 aromatic heterocycles. The van der Waals surface area contributed by atoms with Crippen molar-refractivity contribution in [1.29, 1.82) is 0 Å². The van der Waals surface area contributed by atoms with Gasteiger partial charge in [-0.05, 0) is 53.1 Å². The van der Waals surface area contributed by atoms with Gasteiger partial charge in [0.1, 0.15) is 5.75 Å². The van der Waals surface area contributed by atoms with Crippen LogP contribution in [0, 0.1) is 0 Å². The first-order valence-electron chi connectivity index (χ1n) is 10.8. The van der Waals surface area contributed by atoms with Gasteiger partial charge in [0.15, 0.2) is 17.3 Å². The highest BCUT2D eigenvalue weighted by Crippen LogP contribution is 2.32. The molecular formula is C29H20O5. The van der Waals surface area contributed by atoms with Crippen LogP contribution < -0.4 is 14.2 Å². The van der Waals surface area contributed by atoms with Gasteiger partial charge in [0.05, 0.1) is 5.56 Å². The lowest BCUT2D eigenvalue weighted by molar-refractivity contribution is 0.0734. The van der Waals surface area contributed by atoms with Crippen LogP contribution in [0.2, 0.25) is 0 Å². The van der Waals surface area contributed by atoms with E-state index < -0.39 is 5.97 Å². The quantitative estimate of drug-likeness (QED) is 0.152. The summed E-state index contributed by atoms with van der Waals surface area (Å²) in [6.45, 7) is 0.137. The first-order chi connectivity index (χ1) is 16.7. The zero-order valence-corrected chi connectivity index (χ0v) is 18.1. The Hall–Kier alpha value is -4.64. The Balaban J connectivity index is 1.25. The average Bonchev–Trinajstić information content (AvgIpc) is 3.36. The summed E-state index contributed by atoms with van der Waals surface area (Å²) in [5, 5.41) is 0. The van der Waals surface area contributed by atoms with Crippen LogP contribution in [0.4, 0.5) is 0 Å². The van der Waals surface area contributed by atoms with Crippen molar-refractivity contribution in [3.8, 4) is 28.4 Å². The largest absolute Gasteiger partial charge is 0.454 e. The molecule has 0 spiro atoms. The van der Waals surface area contributed by atoms with Crippen LogP contribution in [-0.2, 0) is 0 Å². The molecule has 5 rings (SSSR count). The highest BCUT2D eigenvalue weighted by atomic mass is 16.7. The van der Waals surface area contributed by atoms with Crippen molar-refractivity contribution in [3.05, 3.63) is 120 Å². The molecule has 0 aliphatic carbocycles. The van der Waals surface area contributed by atoms with Gasteiger partial charge in [0, 0.05) is 5.56 Å². The zero-order chi connectivity index (χ0) is 23.3. The molecule has 0 amide bonds. The Labute approximate surface area is 196 Å². The van der Waals surface area contributed by atoms with Crippen LogP contribution in [0.3, 0.4) is 0 Å². The molecule has 0 fully saturated rings. The summed E-state index contributed by atoms with van der Waals surface area (Å²) >= 11 is 0. The maximum Gasteiger partial charge on any atom is 0.343 e. The Morgan fingerprint density at radius 3 is 2.26 bits per heavy atom. The maximum atomic E-state index is 12.6. The number of hydrogen-bond acceptors (Lipinski definition) is 5. The molecule has 0 unspecified atom stereocenters. The number of benzene rings is 4. The van der Waals surface area contributed by atoms with Gasteiger partial charge in [-0.2, -0.15) is 0 Å². The Bertz CT molecular complexity index is 1370. The van der Waals surface area contributed by atoms with Crippen molar-refractivity contribution in [3.63, 3.8) is 0 Å². The van der Waals surface area contributed by atoms with Crippen molar-refractivity contribution in [2.45, 2.75) is 0 Å². The molecule has 34 heavy (non-hydrogen) atoms. The second kappa shape index (κ2) is 9.46. The lowest BCUT2D eigenvalue weighted by atomic mass is 10.0. The molecule has 0 N–H and O–H groups in total. The molecule has 0 atom stereocenters. The first kappa shape index (κ1) is 21.2. The van der Waals surface area contributed by atoms with E-state index in [1.807, 2.05) is 60.7 Å². The zero-order valence-electron chi connectivity index (χ0n) is 18.1. The van der Waals surface area contributed by atoms with E-state index in [0.717, 1.165) is 16.7 Å². The van der Waals surface area contributed by atoms with Crippen molar-refractivity contribution in [2.75, 3.05) is 6.79 Å². The third-order valence-corrected chi connectivity index (χ3v) is 5.38. The van der Waals surface area contributed by atoms with Crippen LogP contribution in [-0.4, -0.2) is 18.5 Å². The molecule has 4 aromatic carbocycles. The fourth-order valence-electron chi connectivity index (χ4n) is 3.60. The normalized spacial score (nSPS) is 12.0. The molecule has 5 nitrogen and oxygen atoms in total. The monoisotopic (exact) mass is 448 g/mol. The summed E-state index contributed by atoms with van der Waals surface area (Å²) < 4.78 is 16.1. The average molecular weight is 448 g/mol.